The first kappa shape index (κ1) is 25.5. The van der Waals surface area contributed by atoms with Gasteiger partial charge in [-0.1, -0.05) is 18.2 Å². The second-order valence-corrected chi connectivity index (χ2v) is 16.4. The molecule has 16 rings (SSSR count). The molecule has 0 saturated heterocycles. The van der Waals surface area contributed by atoms with Gasteiger partial charge in [-0.15, -0.1) is 0 Å². The van der Waals surface area contributed by atoms with Crippen molar-refractivity contribution >= 4 is 135 Å². The van der Waals surface area contributed by atoms with E-state index >= 15 is 0 Å². The highest BCUT2D eigenvalue weighted by Gasteiger charge is 2.40. The molecular formula is C49H24O4. The van der Waals surface area contributed by atoms with Crippen LogP contribution in [-0.2, 0) is 22.4 Å². The maximum absolute atomic E-state index is 13.1. The first-order valence-electron chi connectivity index (χ1n) is 18.6. The number of benzene rings is 11. The molecule has 0 heterocycles. The van der Waals surface area contributed by atoms with Gasteiger partial charge >= 0.3 is 5.97 Å². The molecule has 0 amide bonds. The van der Waals surface area contributed by atoms with Crippen molar-refractivity contribution in [2.45, 2.75) is 25.9 Å². The van der Waals surface area contributed by atoms with E-state index < -0.39 is 6.10 Å². The van der Waals surface area contributed by atoms with Crippen LogP contribution in [0.15, 0.2) is 60.7 Å². The van der Waals surface area contributed by atoms with Crippen molar-refractivity contribution in [2.24, 2.45) is 0 Å². The Morgan fingerprint density at radius 2 is 1.00 bits per heavy atom. The first-order valence-corrected chi connectivity index (χ1v) is 18.6. The van der Waals surface area contributed by atoms with Crippen LogP contribution in [0.2, 0.25) is 0 Å². The number of ether oxygens (including phenoxy) is 3. The van der Waals surface area contributed by atoms with Crippen LogP contribution < -0.4 is 9.47 Å². The van der Waals surface area contributed by atoms with Gasteiger partial charge in [-0.05, 0) is 207 Å². The lowest BCUT2D eigenvalue weighted by atomic mass is 9.77. The molecule has 0 radical (unpaired) electrons. The summed E-state index contributed by atoms with van der Waals surface area (Å²) in [6, 6.07) is 23.7. The summed E-state index contributed by atoms with van der Waals surface area (Å²) in [7, 11) is 3.35. The molecule has 0 saturated carbocycles. The van der Waals surface area contributed by atoms with E-state index in [1.54, 1.807) is 14.2 Å². The van der Waals surface area contributed by atoms with Gasteiger partial charge in [-0.2, -0.15) is 0 Å². The zero-order valence-corrected chi connectivity index (χ0v) is 28.9. The first-order chi connectivity index (χ1) is 26.0. The lowest BCUT2D eigenvalue weighted by Gasteiger charge is -2.31. The third-order valence-electron chi connectivity index (χ3n) is 14.4. The Kier molecular flexibility index (Phi) is 3.58. The minimum atomic E-state index is -0.583. The monoisotopic (exact) mass is 676 g/mol. The zero-order valence-electron chi connectivity index (χ0n) is 28.9. The number of rotatable bonds is 3. The van der Waals surface area contributed by atoms with Crippen molar-refractivity contribution in [1.82, 2.24) is 0 Å². The Balaban J connectivity index is 1.25. The minimum Gasteiger partial charge on any atom is -0.493 e. The molecule has 0 fully saturated rings. The molecule has 0 aliphatic heterocycles. The minimum absolute atomic E-state index is 0.297. The highest BCUT2D eigenvalue weighted by atomic mass is 16.5. The molecule has 2 aliphatic carbocycles. The van der Waals surface area contributed by atoms with Crippen LogP contribution in [0.3, 0.4) is 0 Å². The molecule has 14 aromatic carbocycles. The maximum Gasteiger partial charge on any atom is 0.303 e. The van der Waals surface area contributed by atoms with Gasteiger partial charge in [-0.3, -0.25) is 4.79 Å². The highest BCUT2D eigenvalue weighted by Crippen LogP contribution is 2.65. The van der Waals surface area contributed by atoms with E-state index in [1.165, 1.54) is 153 Å². The van der Waals surface area contributed by atoms with Crippen LogP contribution in [-0.4, -0.2) is 20.2 Å². The third-order valence-corrected chi connectivity index (χ3v) is 14.4. The number of fused-ring (bicyclic) bond motifs is 4. The SMILES string of the molecule is COc1cc2c(cc1OC)C(OC(C)=O)c1c(c3cc4c5c6c(cc7cc8cc9ccc%10cc%11cc1c1c3c5c3c1c%11c1c%10c9c5c8c7c6c3c51)C4)C2. The lowest BCUT2D eigenvalue weighted by Crippen LogP contribution is -2.20. The predicted octanol–water partition coefficient (Wildman–Crippen LogP) is 11.9. The molecule has 2 aliphatic rings. The van der Waals surface area contributed by atoms with Gasteiger partial charge in [0.25, 0.3) is 0 Å². The van der Waals surface area contributed by atoms with Crippen molar-refractivity contribution in [3.8, 4) is 11.5 Å². The number of methoxy groups -OCH3 is 2. The van der Waals surface area contributed by atoms with Crippen LogP contribution in [0.5, 0.6) is 11.5 Å². The predicted molar refractivity (Wildman–Crippen MR) is 216 cm³/mol. The Morgan fingerprint density at radius 1 is 0.491 bits per heavy atom. The highest BCUT2D eigenvalue weighted by molar-refractivity contribution is 6.64. The molecule has 0 N–H and O–H groups in total. The number of hydrogen-bond donors (Lipinski definition) is 0. The molecule has 0 aromatic heterocycles. The number of carbonyl (C=O) groups is 1. The Labute approximate surface area is 299 Å². The summed E-state index contributed by atoms with van der Waals surface area (Å²) < 4.78 is 18.1. The van der Waals surface area contributed by atoms with Crippen LogP contribution >= 0.6 is 0 Å². The second kappa shape index (κ2) is 7.42. The molecular weight excluding hydrogens is 653 g/mol. The maximum atomic E-state index is 13.1. The number of esters is 1. The number of carbonyl (C=O) groups excluding carboxylic acids is 1. The lowest BCUT2D eigenvalue weighted by molar-refractivity contribution is -0.144. The quantitative estimate of drug-likeness (QED) is 0.106. The summed E-state index contributed by atoms with van der Waals surface area (Å²) in [5, 5.41) is 33.7. The van der Waals surface area contributed by atoms with Crippen molar-refractivity contribution in [1.29, 1.82) is 0 Å². The molecule has 53 heavy (non-hydrogen) atoms. The van der Waals surface area contributed by atoms with E-state index in [0.717, 1.165) is 23.1 Å². The van der Waals surface area contributed by atoms with E-state index in [4.69, 9.17) is 14.2 Å². The van der Waals surface area contributed by atoms with Crippen molar-refractivity contribution < 1.29 is 19.0 Å². The fourth-order valence-corrected chi connectivity index (χ4v) is 12.9. The second-order valence-electron chi connectivity index (χ2n) is 16.4. The topological polar surface area (TPSA) is 44.8 Å². The van der Waals surface area contributed by atoms with Gasteiger partial charge < -0.3 is 14.2 Å². The average Bonchev–Trinajstić information content (AvgIpc) is 3.92. The summed E-state index contributed by atoms with van der Waals surface area (Å²) in [5.74, 6) is 1.03. The fourth-order valence-electron chi connectivity index (χ4n) is 12.9. The van der Waals surface area contributed by atoms with Crippen molar-refractivity contribution in [2.75, 3.05) is 14.2 Å². The number of hydrogen-bond acceptors (Lipinski definition) is 4. The van der Waals surface area contributed by atoms with E-state index in [1.807, 2.05) is 6.07 Å². The Bertz CT molecular complexity index is 3980. The molecule has 1 unspecified atom stereocenters. The van der Waals surface area contributed by atoms with Crippen LogP contribution in [0.4, 0.5) is 0 Å². The van der Waals surface area contributed by atoms with Gasteiger partial charge in [-0.25, -0.2) is 0 Å². The molecule has 4 heteroatoms. The van der Waals surface area contributed by atoms with E-state index in [2.05, 4.69) is 54.6 Å². The summed E-state index contributed by atoms with van der Waals surface area (Å²) >= 11 is 0. The Morgan fingerprint density at radius 3 is 1.70 bits per heavy atom. The Hall–Kier alpha value is -6.39. The van der Waals surface area contributed by atoms with E-state index in [9.17, 15) is 4.79 Å². The van der Waals surface area contributed by atoms with Crippen molar-refractivity contribution in [3.05, 3.63) is 94.0 Å². The fraction of sp³-hybridized carbons (Fsp3) is 0.122. The molecule has 0 bridgehead atoms. The largest absolute Gasteiger partial charge is 0.493 e. The van der Waals surface area contributed by atoms with Gasteiger partial charge in [0.05, 0.1) is 14.2 Å². The zero-order chi connectivity index (χ0) is 34.2. The summed E-state index contributed by atoms with van der Waals surface area (Å²) in [5.41, 5.74) is 7.31. The average molecular weight is 677 g/mol. The van der Waals surface area contributed by atoms with Gasteiger partial charge in [0.15, 0.2) is 17.6 Å². The van der Waals surface area contributed by atoms with E-state index in [0.29, 0.717) is 17.9 Å². The van der Waals surface area contributed by atoms with Crippen LogP contribution in [0.25, 0.3) is 129 Å². The van der Waals surface area contributed by atoms with Gasteiger partial charge in [0.2, 0.25) is 0 Å². The molecule has 1 atom stereocenters. The molecule has 14 aromatic rings. The standard InChI is InChI=1S/C49H24O4/c1-16(50)53-49-25-15-30(52-3)29(51-2)14-19(25)11-26-27-12-24-10-22-9-21-8-20-6-17-4-5-18-7-23-13-28(38(26)49)40-39(27)44-36(24)35(22)43-34(21)33(20)41-31(17)32(18)42-37(23)45(40)48(44)47(43)46(41)42/h4-9,12-15,49H,10-11H2,1-3H3. The van der Waals surface area contributed by atoms with Gasteiger partial charge in [0.1, 0.15) is 0 Å². The smallest absolute Gasteiger partial charge is 0.303 e. The third kappa shape index (κ3) is 2.29. The summed E-state index contributed by atoms with van der Waals surface area (Å²) in [6.45, 7) is 1.53. The van der Waals surface area contributed by atoms with Crippen LogP contribution in [0.1, 0.15) is 46.4 Å². The molecule has 244 valence electrons. The van der Waals surface area contributed by atoms with E-state index in [-0.39, 0.29) is 5.97 Å². The van der Waals surface area contributed by atoms with Crippen molar-refractivity contribution in [3.63, 3.8) is 0 Å². The molecule has 4 nitrogen and oxygen atoms in total. The van der Waals surface area contributed by atoms with Crippen LogP contribution in [0, 0.1) is 0 Å². The molecule has 0 spiro atoms. The summed E-state index contributed by atoms with van der Waals surface area (Å²) in [6.07, 6.45) is 1.06. The van der Waals surface area contributed by atoms with Gasteiger partial charge in [0, 0.05) is 18.1 Å². The summed E-state index contributed by atoms with van der Waals surface area (Å²) in [4.78, 5) is 13.1. The normalized spacial score (nSPS) is 16.3.